The number of hydrogen-bond acceptors (Lipinski definition) is 5. The minimum Gasteiger partial charge on any atom is -0.339 e. The van der Waals surface area contributed by atoms with Crippen molar-refractivity contribution >= 4 is 40.5 Å². The fraction of sp³-hybridized carbons (Fsp3) is 0.0526. The maximum atomic E-state index is 12.2. The Morgan fingerprint density at radius 1 is 0.923 bits per heavy atom. The smallest absolute Gasteiger partial charge is 0.276 e. The zero-order valence-corrected chi connectivity index (χ0v) is 14.6. The van der Waals surface area contributed by atoms with Crippen LogP contribution in [0.3, 0.4) is 0 Å². The van der Waals surface area contributed by atoms with Crippen molar-refractivity contribution in [2.45, 2.75) is 6.92 Å². The molecule has 0 saturated heterocycles. The molecule has 1 aromatic heterocycles. The molecule has 0 atom stereocenters. The predicted molar refractivity (Wildman–Crippen MR) is 101 cm³/mol. The van der Waals surface area contributed by atoms with Crippen LogP contribution in [0, 0.1) is 0 Å². The Balaban J connectivity index is 1.66. The van der Waals surface area contributed by atoms with E-state index in [9.17, 15) is 9.59 Å². The highest BCUT2D eigenvalue weighted by atomic mass is 35.5. The molecule has 130 valence electrons. The van der Waals surface area contributed by atoms with E-state index in [2.05, 4.69) is 20.8 Å². The summed E-state index contributed by atoms with van der Waals surface area (Å²) in [5.74, 6) is 0.114. The number of carbonyl (C=O) groups excluding carboxylic acids is 2. The first-order valence-electron chi connectivity index (χ1n) is 7.80. The monoisotopic (exact) mass is 366 g/mol. The molecule has 2 aromatic carbocycles. The lowest BCUT2D eigenvalue weighted by Crippen LogP contribution is -2.14. The number of nitrogens with one attached hydrogen (secondary N) is 2. The number of benzene rings is 2. The molecule has 0 aliphatic heterocycles. The van der Waals surface area contributed by atoms with E-state index in [0.717, 1.165) is 5.69 Å². The minimum absolute atomic E-state index is 0.00594. The highest BCUT2D eigenvalue weighted by Crippen LogP contribution is 2.17. The lowest BCUT2D eigenvalue weighted by molar-refractivity contribution is 0.101. The molecule has 0 aliphatic carbocycles. The van der Waals surface area contributed by atoms with Gasteiger partial charge in [0.1, 0.15) is 0 Å². The SMILES string of the molecule is CC(=O)c1ccc(Nc2ccc(C(=O)Nc3cccc(Cl)c3)nn2)cc1. The lowest BCUT2D eigenvalue weighted by atomic mass is 10.1. The molecule has 3 rings (SSSR count). The first kappa shape index (κ1) is 17.6. The summed E-state index contributed by atoms with van der Waals surface area (Å²) in [7, 11) is 0. The number of halogens is 1. The fourth-order valence-electron chi connectivity index (χ4n) is 2.22. The van der Waals surface area contributed by atoms with Crippen molar-refractivity contribution in [3.8, 4) is 0 Å². The Labute approximate surface area is 155 Å². The Kier molecular flexibility index (Phi) is 5.24. The van der Waals surface area contributed by atoms with Crippen molar-refractivity contribution in [3.63, 3.8) is 0 Å². The molecule has 0 unspecified atom stereocenters. The maximum Gasteiger partial charge on any atom is 0.276 e. The highest BCUT2D eigenvalue weighted by molar-refractivity contribution is 6.30. The molecular weight excluding hydrogens is 352 g/mol. The summed E-state index contributed by atoms with van der Waals surface area (Å²) < 4.78 is 0. The van der Waals surface area contributed by atoms with E-state index in [4.69, 9.17) is 11.6 Å². The number of Topliss-reactive ketones (excluding diaryl/α,β-unsaturated/α-hetero) is 1. The van der Waals surface area contributed by atoms with Crippen LogP contribution in [0.5, 0.6) is 0 Å². The summed E-state index contributed by atoms with van der Waals surface area (Å²) in [6.45, 7) is 1.51. The van der Waals surface area contributed by atoms with Crippen LogP contribution in [0.1, 0.15) is 27.8 Å². The van der Waals surface area contributed by atoms with Gasteiger partial charge in [0.2, 0.25) is 0 Å². The summed E-state index contributed by atoms with van der Waals surface area (Å²) in [4.78, 5) is 23.5. The van der Waals surface area contributed by atoms with Gasteiger partial charge in [0.05, 0.1) is 0 Å². The van der Waals surface area contributed by atoms with Crippen LogP contribution in [0.4, 0.5) is 17.2 Å². The molecule has 0 bridgehead atoms. The molecule has 0 radical (unpaired) electrons. The van der Waals surface area contributed by atoms with Gasteiger partial charge in [0.15, 0.2) is 17.3 Å². The number of rotatable bonds is 5. The van der Waals surface area contributed by atoms with Gasteiger partial charge in [-0.15, -0.1) is 10.2 Å². The molecule has 7 heteroatoms. The minimum atomic E-state index is -0.378. The van der Waals surface area contributed by atoms with E-state index in [1.165, 1.54) is 6.92 Å². The van der Waals surface area contributed by atoms with Gasteiger partial charge in [-0.3, -0.25) is 9.59 Å². The lowest BCUT2D eigenvalue weighted by Gasteiger charge is -2.07. The van der Waals surface area contributed by atoms with E-state index in [-0.39, 0.29) is 17.4 Å². The van der Waals surface area contributed by atoms with Crippen molar-refractivity contribution in [2.24, 2.45) is 0 Å². The summed E-state index contributed by atoms with van der Waals surface area (Å²) in [6.07, 6.45) is 0. The Morgan fingerprint density at radius 3 is 2.31 bits per heavy atom. The number of aromatic nitrogens is 2. The van der Waals surface area contributed by atoms with E-state index in [1.807, 2.05) is 0 Å². The first-order valence-corrected chi connectivity index (χ1v) is 8.18. The Bertz CT molecular complexity index is 941. The second kappa shape index (κ2) is 7.76. The normalized spacial score (nSPS) is 10.2. The van der Waals surface area contributed by atoms with Gasteiger partial charge in [0.25, 0.3) is 5.91 Å². The third kappa shape index (κ3) is 4.43. The van der Waals surface area contributed by atoms with Crippen LogP contribution in [0.2, 0.25) is 5.02 Å². The Hall–Kier alpha value is -3.25. The fourth-order valence-corrected chi connectivity index (χ4v) is 2.41. The molecule has 0 aliphatic rings. The van der Waals surface area contributed by atoms with Crippen LogP contribution in [0.25, 0.3) is 0 Å². The molecule has 1 heterocycles. The zero-order valence-electron chi connectivity index (χ0n) is 13.9. The standard InChI is InChI=1S/C19H15ClN4O2/c1-12(25)13-5-7-15(8-6-13)21-18-10-9-17(23-24-18)19(26)22-16-4-2-3-14(20)11-16/h2-11H,1H3,(H,21,24)(H,22,26). The summed E-state index contributed by atoms with van der Waals surface area (Å²) in [5, 5.41) is 14.2. The number of amides is 1. The number of hydrogen-bond donors (Lipinski definition) is 2. The Morgan fingerprint density at radius 2 is 1.69 bits per heavy atom. The molecule has 0 fully saturated rings. The first-order chi connectivity index (χ1) is 12.5. The molecule has 0 saturated carbocycles. The second-order valence-corrected chi connectivity index (χ2v) is 5.96. The molecule has 2 N–H and O–H groups in total. The largest absolute Gasteiger partial charge is 0.339 e. The van der Waals surface area contributed by atoms with Crippen molar-refractivity contribution in [1.82, 2.24) is 10.2 Å². The maximum absolute atomic E-state index is 12.2. The van der Waals surface area contributed by atoms with Gasteiger partial charge in [0, 0.05) is 22.0 Å². The highest BCUT2D eigenvalue weighted by Gasteiger charge is 2.09. The van der Waals surface area contributed by atoms with E-state index < -0.39 is 0 Å². The summed E-state index contributed by atoms with van der Waals surface area (Å²) in [6, 6.07) is 17.1. The van der Waals surface area contributed by atoms with Gasteiger partial charge < -0.3 is 10.6 Å². The third-order valence-electron chi connectivity index (χ3n) is 3.54. The molecule has 6 nitrogen and oxygen atoms in total. The van der Waals surface area contributed by atoms with Crippen LogP contribution < -0.4 is 10.6 Å². The van der Waals surface area contributed by atoms with Gasteiger partial charge in [-0.1, -0.05) is 17.7 Å². The predicted octanol–water partition coefficient (Wildman–Crippen LogP) is 4.33. The summed E-state index contributed by atoms with van der Waals surface area (Å²) >= 11 is 5.89. The van der Waals surface area contributed by atoms with Crippen LogP contribution >= 0.6 is 11.6 Å². The van der Waals surface area contributed by atoms with Crippen LogP contribution in [0.15, 0.2) is 60.7 Å². The summed E-state index contributed by atoms with van der Waals surface area (Å²) in [5.41, 5.74) is 2.16. The van der Waals surface area contributed by atoms with Crippen molar-refractivity contribution in [1.29, 1.82) is 0 Å². The van der Waals surface area contributed by atoms with Gasteiger partial charge in [-0.05, 0) is 61.5 Å². The van der Waals surface area contributed by atoms with Gasteiger partial charge >= 0.3 is 0 Å². The second-order valence-electron chi connectivity index (χ2n) is 5.53. The van der Waals surface area contributed by atoms with Crippen molar-refractivity contribution in [2.75, 3.05) is 10.6 Å². The molecule has 1 amide bonds. The van der Waals surface area contributed by atoms with E-state index >= 15 is 0 Å². The molecule has 3 aromatic rings. The van der Waals surface area contributed by atoms with Crippen molar-refractivity contribution < 1.29 is 9.59 Å². The van der Waals surface area contributed by atoms with Gasteiger partial charge in [-0.2, -0.15) is 0 Å². The number of ketones is 1. The quantitative estimate of drug-likeness (QED) is 0.656. The average molecular weight is 367 g/mol. The average Bonchev–Trinajstić information content (AvgIpc) is 2.63. The van der Waals surface area contributed by atoms with E-state index in [0.29, 0.717) is 22.1 Å². The molecule has 0 spiro atoms. The van der Waals surface area contributed by atoms with Crippen molar-refractivity contribution in [3.05, 3.63) is 76.9 Å². The number of anilines is 3. The third-order valence-corrected chi connectivity index (χ3v) is 3.78. The van der Waals surface area contributed by atoms with Crippen LogP contribution in [-0.4, -0.2) is 21.9 Å². The van der Waals surface area contributed by atoms with E-state index in [1.54, 1.807) is 60.7 Å². The van der Waals surface area contributed by atoms with Crippen LogP contribution in [-0.2, 0) is 0 Å². The zero-order chi connectivity index (χ0) is 18.5. The number of nitrogens with zero attached hydrogens (tertiary/aromatic N) is 2. The number of carbonyl (C=O) groups is 2. The topological polar surface area (TPSA) is 84.0 Å². The van der Waals surface area contributed by atoms with Gasteiger partial charge in [-0.25, -0.2) is 0 Å². The molecular formula is C19H15ClN4O2. The molecule has 26 heavy (non-hydrogen) atoms.